The van der Waals surface area contributed by atoms with Crippen LogP contribution in [0, 0.1) is 0 Å². The van der Waals surface area contributed by atoms with Gasteiger partial charge in [0.05, 0.1) is 0 Å². The third kappa shape index (κ3) is 1.94. The molecule has 0 heterocycles. The van der Waals surface area contributed by atoms with Gasteiger partial charge in [0.25, 0.3) is 0 Å². The number of carbonyl (C=O) groups excluding carboxylic acids is 2. The monoisotopic (exact) mass is 198 g/mol. The van der Waals surface area contributed by atoms with Gasteiger partial charge in [0.15, 0.2) is 11.6 Å². The van der Waals surface area contributed by atoms with Gasteiger partial charge in [0, 0.05) is 0 Å². The van der Waals surface area contributed by atoms with E-state index < -0.39 is 0 Å². The highest BCUT2D eigenvalue weighted by Crippen LogP contribution is 2.23. The van der Waals surface area contributed by atoms with Gasteiger partial charge in [-0.25, -0.2) is 0 Å². The highest BCUT2D eigenvalue weighted by atomic mass is 16.1. The molecule has 0 bridgehead atoms. The molecule has 0 saturated carbocycles. The zero-order valence-corrected chi connectivity index (χ0v) is 8.36. The van der Waals surface area contributed by atoms with Crippen LogP contribution in [0.2, 0.25) is 0 Å². The maximum atomic E-state index is 11.1. The molecule has 0 saturated heterocycles. The molecule has 0 fully saturated rings. The van der Waals surface area contributed by atoms with Crippen LogP contribution in [0.25, 0.3) is 0 Å². The highest BCUT2D eigenvalue weighted by Gasteiger charge is 2.10. The Balaban J connectivity index is 2.43. The molecule has 0 spiro atoms. The van der Waals surface area contributed by atoms with E-state index >= 15 is 0 Å². The molecule has 15 heavy (non-hydrogen) atoms. The maximum Gasteiger partial charge on any atom is 0.178 e. The van der Waals surface area contributed by atoms with Crippen molar-refractivity contribution in [3.05, 3.63) is 59.3 Å². The van der Waals surface area contributed by atoms with Crippen molar-refractivity contribution in [1.29, 1.82) is 0 Å². The van der Waals surface area contributed by atoms with E-state index in [-0.39, 0.29) is 11.6 Å². The van der Waals surface area contributed by atoms with Crippen LogP contribution in [-0.2, 0) is 9.59 Å². The third-order valence-corrected chi connectivity index (χ3v) is 2.36. The molecule has 2 heteroatoms. The van der Waals surface area contributed by atoms with Gasteiger partial charge in [0.1, 0.15) is 0 Å². The minimum absolute atomic E-state index is 0.00292. The van der Waals surface area contributed by atoms with Gasteiger partial charge in [-0.1, -0.05) is 18.2 Å². The highest BCUT2D eigenvalue weighted by molar-refractivity contribution is 6.03. The summed E-state index contributed by atoms with van der Waals surface area (Å²) in [6, 6.07) is 0. The van der Waals surface area contributed by atoms with Crippen molar-refractivity contribution in [3.8, 4) is 0 Å². The van der Waals surface area contributed by atoms with Gasteiger partial charge < -0.3 is 0 Å². The second-order valence-corrected chi connectivity index (χ2v) is 3.50. The van der Waals surface area contributed by atoms with Crippen molar-refractivity contribution in [1.82, 2.24) is 0 Å². The van der Waals surface area contributed by atoms with Crippen LogP contribution < -0.4 is 0 Å². The molecule has 0 aromatic rings. The molecule has 0 aromatic carbocycles. The topological polar surface area (TPSA) is 34.1 Å². The summed E-state index contributed by atoms with van der Waals surface area (Å²) in [6.07, 6.45) is 11.5. The molecule has 0 unspecified atom stereocenters. The lowest BCUT2D eigenvalue weighted by atomic mass is 9.93. The Bertz CT molecular complexity index is 465. The van der Waals surface area contributed by atoms with E-state index in [0.717, 1.165) is 16.7 Å². The normalized spacial score (nSPS) is 19.9. The van der Waals surface area contributed by atoms with Crippen LogP contribution in [-0.4, -0.2) is 11.6 Å². The maximum absolute atomic E-state index is 11.1. The van der Waals surface area contributed by atoms with Gasteiger partial charge in [-0.2, -0.15) is 0 Å². The summed E-state index contributed by atoms with van der Waals surface area (Å²) in [5, 5.41) is 0. The van der Waals surface area contributed by atoms with E-state index in [1.54, 1.807) is 24.3 Å². The first-order chi connectivity index (χ1) is 7.16. The molecule has 74 valence electrons. The number of hydrogen-bond acceptors (Lipinski definition) is 2. The summed E-state index contributed by atoms with van der Waals surface area (Å²) >= 11 is 0. The van der Waals surface area contributed by atoms with E-state index in [2.05, 4.69) is 0 Å². The average Bonchev–Trinajstić information content (AvgIpc) is 2.20. The number of ketones is 2. The van der Waals surface area contributed by atoms with Crippen molar-refractivity contribution in [2.24, 2.45) is 0 Å². The Morgan fingerprint density at radius 2 is 1.40 bits per heavy atom. The number of allylic oxidation sites excluding steroid dienone is 10. The first-order valence-electron chi connectivity index (χ1n) is 4.72. The second kappa shape index (κ2) is 3.65. The summed E-state index contributed by atoms with van der Waals surface area (Å²) in [5.41, 5.74) is 2.89. The SMILES string of the molecule is CC1=CC(=O)C=CC1=C1C=CC(=O)C=C1. The molecule has 0 amide bonds. The van der Waals surface area contributed by atoms with Crippen LogP contribution in [0.1, 0.15) is 6.92 Å². The van der Waals surface area contributed by atoms with E-state index in [1.165, 1.54) is 18.2 Å². The van der Waals surface area contributed by atoms with Crippen molar-refractivity contribution in [2.75, 3.05) is 0 Å². The summed E-state index contributed by atoms with van der Waals surface area (Å²) in [4.78, 5) is 22.0. The second-order valence-electron chi connectivity index (χ2n) is 3.50. The van der Waals surface area contributed by atoms with Gasteiger partial charge in [-0.05, 0) is 47.9 Å². The molecule has 0 aliphatic heterocycles. The quantitative estimate of drug-likeness (QED) is 0.597. The van der Waals surface area contributed by atoms with Crippen molar-refractivity contribution in [3.63, 3.8) is 0 Å². The summed E-state index contributed by atoms with van der Waals surface area (Å²) < 4.78 is 0. The van der Waals surface area contributed by atoms with Gasteiger partial charge in [-0.15, -0.1) is 0 Å². The molecule has 0 radical (unpaired) electrons. The average molecular weight is 198 g/mol. The Kier molecular flexibility index (Phi) is 2.34. The van der Waals surface area contributed by atoms with E-state index in [9.17, 15) is 9.59 Å². The predicted molar refractivity (Wildman–Crippen MR) is 58.2 cm³/mol. The molecule has 2 nitrogen and oxygen atoms in total. The van der Waals surface area contributed by atoms with Gasteiger partial charge >= 0.3 is 0 Å². The minimum Gasteiger partial charge on any atom is -0.290 e. The molecular weight excluding hydrogens is 188 g/mol. The van der Waals surface area contributed by atoms with Crippen LogP contribution in [0.4, 0.5) is 0 Å². The fourth-order valence-electron chi connectivity index (χ4n) is 1.59. The predicted octanol–water partition coefficient (Wildman–Crippen LogP) is 2.06. The van der Waals surface area contributed by atoms with E-state index in [0.29, 0.717) is 0 Å². The lowest BCUT2D eigenvalue weighted by Crippen LogP contribution is -2.01. The van der Waals surface area contributed by atoms with Crippen LogP contribution >= 0.6 is 0 Å². The van der Waals surface area contributed by atoms with Crippen LogP contribution in [0.15, 0.2) is 59.3 Å². The zero-order valence-electron chi connectivity index (χ0n) is 8.36. The molecule has 2 aliphatic rings. The van der Waals surface area contributed by atoms with Crippen LogP contribution in [0.5, 0.6) is 0 Å². The molecule has 0 atom stereocenters. The van der Waals surface area contributed by atoms with Gasteiger partial charge in [-0.3, -0.25) is 9.59 Å². The third-order valence-electron chi connectivity index (χ3n) is 2.36. The fraction of sp³-hybridized carbons (Fsp3) is 0.0769. The first-order valence-corrected chi connectivity index (χ1v) is 4.72. The number of carbonyl (C=O) groups is 2. The Labute approximate surface area is 88.0 Å². The van der Waals surface area contributed by atoms with Gasteiger partial charge in [0.2, 0.25) is 0 Å². The Morgan fingerprint density at radius 3 is 2.00 bits per heavy atom. The Morgan fingerprint density at radius 1 is 0.800 bits per heavy atom. The largest absolute Gasteiger partial charge is 0.290 e. The van der Waals surface area contributed by atoms with Crippen molar-refractivity contribution >= 4 is 11.6 Å². The van der Waals surface area contributed by atoms with Crippen molar-refractivity contribution in [2.45, 2.75) is 6.92 Å². The van der Waals surface area contributed by atoms with Crippen LogP contribution in [0.3, 0.4) is 0 Å². The molecule has 0 N–H and O–H groups in total. The fourth-order valence-corrected chi connectivity index (χ4v) is 1.59. The lowest BCUT2D eigenvalue weighted by molar-refractivity contribution is -0.111. The Hall–Kier alpha value is -1.96. The summed E-state index contributed by atoms with van der Waals surface area (Å²) in [5.74, 6) is 0.00791. The summed E-state index contributed by atoms with van der Waals surface area (Å²) in [6.45, 7) is 1.89. The first kappa shape index (κ1) is 9.59. The number of rotatable bonds is 0. The molecule has 2 rings (SSSR count). The molecule has 2 aliphatic carbocycles. The lowest BCUT2D eigenvalue weighted by Gasteiger charge is -2.11. The van der Waals surface area contributed by atoms with E-state index in [1.807, 2.05) is 6.92 Å². The summed E-state index contributed by atoms with van der Waals surface area (Å²) in [7, 11) is 0. The standard InChI is InChI=1S/C13H10O2/c1-9-8-12(15)6-7-13(9)10-2-4-11(14)5-3-10/h2-8H,1H3. The minimum atomic E-state index is -0.00292. The molecule has 0 aromatic heterocycles. The van der Waals surface area contributed by atoms with E-state index in [4.69, 9.17) is 0 Å². The smallest absolute Gasteiger partial charge is 0.178 e. The molecular formula is C13H10O2. The zero-order chi connectivity index (χ0) is 10.8. The van der Waals surface area contributed by atoms with Crippen molar-refractivity contribution < 1.29 is 9.59 Å². The number of hydrogen-bond donors (Lipinski definition) is 0.